The molecule has 2 aliphatic heterocycles. The highest BCUT2D eigenvalue weighted by Gasteiger charge is 2.60. The summed E-state index contributed by atoms with van der Waals surface area (Å²) >= 11 is 0. The van der Waals surface area contributed by atoms with E-state index in [1.54, 1.807) is 20.8 Å². The van der Waals surface area contributed by atoms with Crippen molar-refractivity contribution in [2.45, 2.75) is 114 Å². The first-order valence-corrected chi connectivity index (χ1v) is 13.3. The number of cyclic esters (lactones) is 1. The molecule has 0 aromatic heterocycles. The molecule has 11 nitrogen and oxygen atoms in total. The fourth-order valence-corrected chi connectivity index (χ4v) is 5.30. The third kappa shape index (κ3) is 7.13. The highest BCUT2D eigenvalue weighted by Crippen LogP contribution is 2.46. The van der Waals surface area contributed by atoms with Gasteiger partial charge in [0.25, 0.3) is 0 Å². The molecule has 2 heterocycles. The Bertz CT molecular complexity index is 783. The van der Waals surface area contributed by atoms with Crippen molar-refractivity contribution >= 4 is 5.97 Å². The second-order valence-corrected chi connectivity index (χ2v) is 11.1. The molecule has 2 saturated heterocycles. The summed E-state index contributed by atoms with van der Waals surface area (Å²) in [5, 5.41) is 54.7. The van der Waals surface area contributed by atoms with Crippen LogP contribution in [0.15, 0.2) is 11.6 Å². The molecule has 0 spiro atoms. The topological polar surface area (TPSA) is 164 Å². The van der Waals surface area contributed by atoms with Crippen LogP contribution >= 0.6 is 0 Å². The molecule has 0 radical (unpaired) electrons. The van der Waals surface area contributed by atoms with Crippen molar-refractivity contribution in [3.8, 4) is 0 Å². The average Bonchev–Trinajstić information content (AvgIpc) is 2.89. The molecule has 0 saturated carbocycles. The molecule has 0 amide bonds. The van der Waals surface area contributed by atoms with Gasteiger partial charge in [-0.15, -0.1) is 0 Å². The van der Waals surface area contributed by atoms with Crippen LogP contribution in [-0.2, 0) is 28.5 Å². The van der Waals surface area contributed by atoms with Crippen LogP contribution in [-0.4, -0.2) is 114 Å². The number of aliphatic hydroxyl groups is 5. The monoisotopic (exact) mass is 548 g/mol. The average molecular weight is 549 g/mol. The Balaban J connectivity index is 2.56. The van der Waals surface area contributed by atoms with Crippen LogP contribution in [0, 0.1) is 11.3 Å². The first kappa shape index (κ1) is 33.1. The lowest BCUT2D eigenvalue weighted by Gasteiger charge is -2.54. The van der Waals surface area contributed by atoms with Crippen LogP contribution in [0.1, 0.15) is 59.8 Å². The number of carbonyl (C=O) groups is 1. The van der Waals surface area contributed by atoms with Gasteiger partial charge >= 0.3 is 5.97 Å². The number of hydrogen-bond acceptors (Lipinski definition) is 11. The summed E-state index contributed by atoms with van der Waals surface area (Å²) in [5.74, 6) is -3.29. The molecule has 0 aromatic carbocycles. The number of fused-ring (bicyclic) bond motifs is 2. The molecular weight excluding hydrogens is 500 g/mol. The zero-order valence-corrected chi connectivity index (χ0v) is 23.7. The molecule has 0 aliphatic carbocycles. The van der Waals surface area contributed by atoms with Gasteiger partial charge in [0.1, 0.15) is 12.2 Å². The van der Waals surface area contributed by atoms with Crippen LogP contribution in [0.25, 0.3) is 0 Å². The smallest absolute Gasteiger partial charge is 0.338 e. The van der Waals surface area contributed by atoms with Crippen LogP contribution < -0.4 is 0 Å². The predicted octanol–water partition coefficient (Wildman–Crippen LogP) is 0.678. The number of ether oxygens (including phenoxy) is 5. The van der Waals surface area contributed by atoms with Gasteiger partial charge in [-0.2, -0.15) is 0 Å². The fraction of sp³-hybridized carbons (Fsp3) is 0.889. The predicted molar refractivity (Wildman–Crippen MR) is 137 cm³/mol. The lowest BCUT2D eigenvalue weighted by molar-refractivity contribution is -0.379. The van der Waals surface area contributed by atoms with Gasteiger partial charge in [-0.1, -0.05) is 26.8 Å². The minimum Gasteiger partial charge on any atom is -0.456 e. The first-order chi connectivity index (χ1) is 17.8. The maximum atomic E-state index is 13.1. The zero-order valence-electron chi connectivity index (χ0n) is 23.7. The summed E-state index contributed by atoms with van der Waals surface area (Å²) in [6.07, 6.45) is -5.71. The SMILES string of the molecule is CC[C@H](/C=C(/C)[C@@H]1C[C@@H](OC)C[C@H](O)C(C)(C)[C@@]2(O)O[C@@H](C[C@@H](OC)[C@H](O)C(=O)O1)C[C@@H](OC)[C@H]2O)CO. The van der Waals surface area contributed by atoms with Crippen molar-refractivity contribution in [2.24, 2.45) is 11.3 Å². The summed E-state index contributed by atoms with van der Waals surface area (Å²) in [7, 11) is 4.20. The van der Waals surface area contributed by atoms with E-state index in [9.17, 15) is 30.3 Å². The van der Waals surface area contributed by atoms with Crippen molar-refractivity contribution in [1.82, 2.24) is 0 Å². The Labute approximate surface area is 225 Å². The number of esters is 1. The van der Waals surface area contributed by atoms with Gasteiger partial charge < -0.3 is 49.2 Å². The lowest BCUT2D eigenvalue weighted by Crippen LogP contribution is -2.68. The molecular formula is C27H48O11. The molecule has 2 aliphatic rings. The summed E-state index contributed by atoms with van der Waals surface area (Å²) in [4.78, 5) is 13.1. The Morgan fingerprint density at radius 3 is 2.18 bits per heavy atom. The van der Waals surface area contributed by atoms with E-state index in [-0.39, 0.29) is 38.2 Å². The van der Waals surface area contributed by atoms with E-state index in [0.717, 1.165) is 0 Å². The molecule has 222 valence electrons. The van der Waals surface area contributed by atoms with Gasteiger partial charge in [-0.3, -0.25) is 0 Å². The van der Waals surface area contributed by atoms with Gasteiger partial charge in [0.2, 0.25) is 5.79 Å². The van der Waals surface area contributed by atoms with Crippen molar-refractivity contribution in [3.63, 3.8) is 0 Å². The molecule has 2 bridgehead atoms. The summed E-state index contributed by atoms with van der Waals surface area (Å²) in [5.41, 5.74) is -0.730. The van der Waals surface area contributed by atoms with E-state index in [1.165, 1.54) is 21.3 Å². The highest BCUT2D eigenvalue weighted by molar-refractivity contribution is 5.75. The maximum absolute atomic E-state index is 13.1. The van der Waals surface area contributed by atoms with Crippen molar-refractivity contribution in [1.29, 1.82) is 0 Å². The van der Waals surface area contributed by atoms with Crippen LogP contribution in [0.3, 0.4) is 0 Å². The molecule has 11 heteroatoms. The molecule has 0 aromatic rings. The number of carbonyl (C=O) groups excluding carboxylic acids is 1. The Hall–Kier alpha value is -1.15. The van der Waals surface area contributed by atoms with E-state index in [4.69, 9.17) is 23.7 Å². The third-order valence-electron chi connectivity index (χ3n) is 8.37. The first-order valence-electron chi connectivity index (χ1n) is 13.3. The van der Waals surface area contributed by atoms with Gasteiger partial charge in [0.15, 0.2) is 6.10 Å². The highest BCUT2D eigenvalue weighted by atomic mass is 16.7. The summed E-state index contributed by atoms with van der Waals surface area (Å²) in [6.45, 7) is 6.81. The molecule has 5 N–H and O–H groups in total. The van der Waals surface area contributed by atoms with Crippen LogP contribution in [0.4, 0.5) is 0 Å². The van der Waals surface area contributed by atoms with E-state index in [1.807, 2.05) is 13.0 Å². The molecule has 10 atom stereocenters. The second-order valence-electron chi connectivity index (χ2n) is 11.1. The Morgan fingerprint density at radius 2 is 1.66 bits per heavy atom. The molecule has 38 heavy (non-hydrogen) atoms. The molecule has 0 unspecified atom stereocenters. The van der Waals surface area contributed by atoms with E-state index >= 15 is 0 Å². The molecule has 2 rings (SSSR count). The van der Waals surface area contributed by atoms with Gasteiger partial charge in [0, 0.05) is 65.0 Å². The standard InChI is InChI=1S/C27H48O11/c1-8-16(14-28)9-15(2)19-10-17(34-5)13-22(29)26(3,4)27(33)24(31)21(36-7)12-18(38-27)11-20(35-6)23(30)25(32)37-19/h9,16-24,28-31,33H,8,10-14H2,1-7H3/b15-9-/t16-,17-,18+,19+,20-,21-,22+,23+,24-,27+/m1/s1. The minimum absolute atomic E-state index is 0.0174. The lowest BCUT2D eigenvalue weighted by atomic mass is 9.70. The maximum Gasteiger partial charge on any atom is 0.338 e. The van der Waals surface area contributed by atoms with E-state index in [2.05, 4.69) is 0 Å². The van der Waals surface area contributed by atoms with Gasteiger partial charge in [0.05, 0.1) is 30.5 Å². The number of aliphatic hydroxyl groups excluding tert-OH is 4. The Kier molecular flexibility index (Phi) is 12.1. The van der Waals surface area contributed by atoms with Crippen LogP contribution in [0.2, 0.25) is 0 Å². The third-order valence-corrected chi connectivity index (χ3v) is 8.37. The van der Waals surface area contributed by atoms with E-state index in [0.29, 0.717) is 12.0 Å². The van der Waals surface area contributed by atoms with Gasteiger partial charge in [-0.05, 0) is 18.9 Å². The zero-order chi connectivity index (χ0) is 28.8. The summed E-state index contributed by atoms with van der Waals surface area (Å²) in [6, 6.07) is 0. The molecule has 2 fully saturated rings. The number of rotatable bonds is 7. The van der Waals surface area contributed by atoms with E-state index < -0.39 is 66.0 Å². The largest absolute Gasteiger partial charge is 0.456 e. The number of methoxy groups -OCH3 is 3. The van der Waals surface area contributed by atoms with Gasteiger partial charge in [-0.25, -0.2) is 4.79 Å². The Morgan fingerprint density at radius 1 is 1.05 bits per heavy atom. The van der Waals surface area contributed by atoms with Crippen LogP contribution in [0.5, 0.6) is 0 Å². The quantitative estimate of drug-likeness (QED) is 0.224. The summed E-state index contributed by atoms with van der Waals surface area (Å²) < 4.78 is 28.3. The van der Waals surface area contributed by atoms with Crippen molar-refractivity contribution < 1.29 is 54.0 Å². The van der Waals surface area contributed by atoms with Crippen molar-refractivity contribution in [2.75, 3.05) is 27.9 Å². The normalized spacial score (nSPS) is 40.2. The fourth-order valence-electron chi connectivity index (χ4n) is 5.30. The second kappa shape index (κ2) is 14.0. The minimum atomic E-state index is -2.23. The van der Waals surface area contributed by atoms with Crippen molar-refractivity contribution in [3.05, 3.63) is 11.6 Å². The number of hydrogen-bond donors (Lipinski definition) is 5.